The maximum atomic E-state index is 12.1. The SMILES string of the molecule is CN1CCC(CN2C(=O)CNC2c2cccc(Cl)c2)C1. The van der Waals surface area contributed by atoms with Crippen molar-refractivity contribution in [2.75, 3.05) is 33.2 Å². The lowest BCUT2D eigenvalue weighted by Crippen LogP contribution is -2.35. The van der Waals surface area contributed by atoms with Crippen molar-refractivity contribution >= 4 is 17.5 Å². The summed E-state index contributed by atoms with van der Waals surface area (Å²) in [6.45, 7) is 3.45. The Morgan fingerprint density at radius 2 is 2.30 bits per heavy atom. The second-order valence-corrected chi connectivity index (χ2v) is 6.24. The van der Waals surface area contributed by atoms with Crippen LogP contribution in [0.15, 0.2) is 24.3 Å². The zero-order valence-electron chi connectivity index (χ0n) is 11.7. The van der Waals surface area contributed by atoms with Gasteiger partial charge in [-0.3, -0.25) is 10.1 Å². The summed E-state index contributed by atoms with van der Waals surface area (Å²) in [6.07, 6.45) is 1.13. The van der Waals surface area contributed by atoms with Gasteiger partial charge in [-0.05, 0) is 43.6 Å². The van der Waals surface area contributed by atoms with E-state index in [-0.39, 0.29) is 12.1 Å². The Kier molecular flexibility index (Phi) is 3.96. The predicted molar refractivity (Wildman–Crippen MR) is 79.5 cm³/mol. The average molecular weight is 294 g/mol. The number of benzene rings is 1. The Balaban J connectivity index is 1.75. The Hall–Kier alpha value is -1.10. The van der Waals surface area contributed by atoms with Crippen molar-refractivity contribution in [1.29, 1.82) is 0 Å². The highest BCUT2D eigenvalue weighted by atomic mass is 35.5. The van der Waals surface area contributed by atoms with Gasteiger partial charge in [-0.2, -0.15) is 0 Å². The standard InChI is InChI=1S/C15H20ClN3O/c1-18-6-5-11(9-18)10-19-14(20)8-17-15(19)12-3-2-4-13(16)7-12/h2-4,7,11,15,17H,5-6,8-10H2,1H3. The minimum absolute atomic E-state index is 0.0351. The molecule has 2 heterocycles. The first-order chi connectivity index (χ1) is 9.63. The number of nitrogens with one attached hydrogen (secondary N) is 1. The summed E-state index contributed by atoms with van der Waals surface area (Å²) in [5.74, 6) is 0.759. The lowest BCUT2D eigenvalue weighted by atomic mass is 10.1. The second-order valence-electron chi connectivity index (χ2n) is 5.80. The molecule has 1 aromatic carbocycles. The first kappa shape index (κ1) is 13.9. The number of hydrogen-bond acceptors (Lipinski definition) is 3. The van der Waals surface area contributed by atoms with Gasteiger partial charge in [0.05, 0.1) is 6.54 Å². The van der Waals surface area contributed by atoms with E-state index in [0.29, 0.717) is 17.5 Å². The Labute approximate surface area is 124 Å². The number of rotatable bonds is 3. The third kappa shape index (κ3) is 2.82. The first-order valence-electron chi connectivity index (χ1n) is 7.10. The van der Waals surface area contributed by atoms with Crippen molar-refractivity contribution in [2.45, 2.75) is 12.6 Å². The van der Waals surface area contributed by atoms with Gasteiger partial charge in [-0.15, -0.1) is 0 Å². The summed E-state index contributed by atoms with van der Waals surface area (Å²) in [6, 6.07) is 7.75. The molecule has 0 saturated carbocycles. The van der Waals surface area contributed by atoms with Crippen molar-refractivity contribution in [3.8, 4) is 0 Å². The molecule has 5 heteroatoms. The van der Waals surface area contributed by atoms with E-state index < -0.39 is 0 Å². The van der Waals surface area contributed by atoms with E-state index >= 15 is 0 Å². The number of likely N-dealkylation sites (tertiary alicyclic amines) is 1. The van der Waals surface area contributed by atoms with Gasteiger partial charge in [0, 0.05) is 18.1 Å². The van der Waals surface area contributed by atoms with E-state index in [1.807, 2.05) is 29.2 Å². The van der Waals surface area contributed by atoms with E-state index in [0.717, 1.165) is 25.2 Å². The molecule has 0 spiro atoms. The van der Waals surface area contributed by atoms with E-state index in [1.54, 1.807) is 0 Å². The van der Waals surface area contributed by atoms with Crippen LogP contribution in [0.25, 0.3) is 0 Å². The van der Waals surface area contributed by atoms with Gasteiger partial charge in [-0.1, -0.05) is 23.7 Å². The number of hydrogen-bond donors (Lipinski definition) is 1. The molecule has 2 unspecified atom stereocenters. The molecule has 108 valence electrons. The van der Waals surface area contributed by atoms with Crippen LogP contribution < -0.4 is 5.32 Å². The monoisotopic (exact) mass is 293 g/mol. The molecule has 0 aromatic heterocycles. The molecule has 4 nitrogen and oxygen atoms in total. The molecule has 1 amide bonds. The number of halogens is 1. The topological polar surface area (TPSA) is 35.6 Å². The summed E-state index contributed by atoms with van der Waals surface area (Å²) >= 11 is 6.06. The van der Waals surface area contributed by atoms with Crippen LogP contribution in [-0.2, 0) is 4.79 Å². The van der Waals surface area contributed by atoms with Gasteiger partial charge in [0.1, 0.15) is 6.17 Å². The number of carbonyl (C=O) groups excluding carboxylic acids is 1. The van der Waals surface area contributed by atoms with Crippen molar-refractivity contribution < 1.29 is 4.79 Å². The fourth-order valence-corrected chi connectivity index (χ4v) is 3.37. The Morgan fingerprint density at radius 3 is 3.00 bits per heavy atom. The largest absolute Gasteiger partial charge is 0.321 e. The van der Waals surface area contributed by atoms with Crippen LogP contribution in [0.1, 0.15) is 18.2 Å². The van der Waals surface area contributed by atoms with Gasteiger partial charge < -0.3 is 9.80 Å². The molecule has 1 N–H and O–H groups in total. The van der Waals surface area contributed by atoms with E-state index in [2.05, 4.69) is 17.3 Å². The van der Waals surface area contributed by atoms with Crippen LogP contribution in [0.4, 0.5) is 0 Å². The molecule has 3 rings (SSSR count). The van der Waals surface area contributed by atoms with Crippen molar-refractivity contribution in [2.24, 2.45) is 5.92 Å². The zero-order valence-corrected chi connectivity index (χ0v) is 12.4. The average Bonchev–Trinajstić information content (AvgIpc) is 2.98. The summed E-state index contributed by atoms with van der Waals surface area (Å²) in [4.78, 5) is 16.4. The summed E-state index contributed by atoms with van der Waals surface area (Å²) in [5, 5.41) is 4.00. The van der Waals surface area contributed by atoms with E-state index in [1.165, 1.54) is 6.42 Å². The molecule has 0 radical (unpaired) electrons. The van der Waals surface area contributed by atoms with Crippen LogP contribution in [0.5, 0.6) is 0 Å². The van der Waals surface area contributed by atoms with Crippen molar-refractivity contribution in [3.63, 3.8) is 0 Å². The van der Waals surface area contributed by atoms with Crippen LogP contribution in [0, 0.1) is 5.92 Å². The van der Waals surface area contributed by atoms with Gasteiger partial charge in [0.2, 0.25) is 5.91 Å². The maximum absolute atomic E-state index is 12.1. The lowest BCUT2D eigenvalue weighted by Gasteiger charge is -2.27. The van der Waals surface area contributed by atoms with Crippen molar-refractivity contribution in [1.82, 2.24) is 15.1 Å². The predicted octanol–water partition coefficient (Wildman–Crippen LogP) is 1.72. The quantitative estimate of drug-likeness (QED) is 0.922. The fraction of sp³-hybridized carbons (Fsp3) is 0.533. The molecule has 1 aromatic rings. The summed E-state index contributed by atoms with van der Waals surface area (Å²) < 4.78 is 0. The minimum atomic E-state index is -0.0351. The normalized spacial score (nSPS) is 27.5. The smallest absolute Gasteiger partial charge is 0.238 e. The minimum Gasteiger partial charge on any atom is -0.321 e. The zero-order chi connectivity index (χ0) is 14.1. The molecule has 0 aliphatic carbocycles. The molecular weight excluding hydrogens is 274 g/mol. The van der Waals surface area contributed by atoms with Crippen LogP contribution in [0.3, 0.4) is 0 Å². The maximum Gasteiger partial charge on any atom is 0.238 e. The van der Waals surface area contributed by atoms with Crippen LogP contribution in [-0.4, -0.2) is 48.9 Å². The molecule has 2 atom stereocenters. The third-order valence-electron chi connectivity index (χ3n) is 4.19. The molecular formula is C15H20ClN3O. The molecule has 0 bridgehead atoms. The molecule has 2 aliphatic heterocycles. The summed E-state index contributed by atoms with van der Waals surface area (Å²) in [5.41, 5.74) is 1.06. The molecule has 2 saturated heterocycles. The van der Waals surface area contributed by atoms with E-state index in [9.17, 15) is 4.79 Å². The lowest BCUT2D eigenvalue weighted by molar-refractivity contribution is -0.128. The Morgan fingerprint density at radius 1 is 1.45 bits per heavy atom. The highest BCUT2D eigenvalue weighted by Crippen LogP contribution is 2.27. The van der Waals surface area contributed by atoms with Gasteiger partial charge in [0.15, 0.2) is 0 Å². The molecule has 2 fully saturated rings. The van der Waals surface area contributed by atoms with Gasteiger partial charge in [0.25, 0.3) is 0 Å². The first-order valence-corrected chi connectivity index (χ1v) is 7.48. The van der Waals surface area contributed by atoms with Gasteiger partial charge in [-0.25, -0.2) is 0 Å². The second kappa shape index (κ2) is 5.72. The molecule has 2 aliphatic rings. The summed E-state index contributed by atoms with van der Waals surface area (Å²) in [7, 11) is 2.14. The van der Waals surface area contributed by atoms with E-state index in [4.69, 9.17) is 11.6 Å². The number of amides is 1. The van der Waals surface area contributed by atoms with Crippen molar-refractivity contribution in [3.05, 3.63) is 34.9 Å². The highest BCUT2D eigenvalue weighted by molar-refractivity contribution is 6.30. The van der Waals surface area contributed by atoms with Crippen LogP contribution in [0.2, 0.25) is 5.02 Å². The fourth-order valence-electron chi connectivity index (χ4n) is 3.17. The number of nitrogens with zero attached hydrogens (tertiary/aromatic N) is 2. The molecule has 20 heavy (non-hydrogen) atoms. The van der Waals surface area contributed by atoms with Crippen LogP contribution >= 0.6 is 11.6 Å². The number of carbonyl (C=O) groups is 1. The third-order valence-corrected chi connectivity index (χ3v) is 4.42. The Bertz CT molecular complexity index is 508. The highest BCUT2D eigenvalue weighted by Gasteiger charge is 2.34. The van der Waals surface area contributed by atoms with Gasteiger partial charge >= 0.3 is 0 Å².